The Morgan fingerprint density at radius 2 is 1.80 bits per heavy atom. The lowest BCUT2D eigenvalue weighted by molar-refractivity contribution is -0.117. The lowest BCUT2D eigenvalue weighted by Crippen LogP contribution is -2.46. The van der Waals surface area contributed by atoms with Crippen molar-refractivity contribution < 1.29 is 14.3 Å². The van der Waals surface area contributed by atoms with Gasteiger partial charge >= 0.3 is 0 Å². The number of likely N-dealkylation sites (N-methyl/N-ethyl adjacent to an activating group) is 1. The number of hydrogen-bond acceptors (Lipinski definition) is 5. The normalized spacial score (nSPS) is 17.5. The van der Waals surface area contributed by atoms with Gasteiger partial charge in [0.05, 0.1) is 17.3 Å². The molecule has 0 aromatic heterocycles. The summed E-state index contributed by atoms with van der Waals surface area (Å²) in [6, 6.07) is 11.4. The van der Waals surface area contributed by atoms with Crippen LogP contribution >= 0.6 is 11.6 Å². The predicted molar refractivity (Wildman–Crippen MR) is 120 cm³/mol. The number of halogens is 1. The van der Waals surface area contributed by atoms with Crippen LogP contribution in [0.5, 0.6) is 11.5 Å². The van der Waals surface area contributed by atoms with E-state index in [1.807, 2.05) is 43.3 Å². The summed E-state index contributed by atoms with van der Waals surface area (Å²) in [5, 5.41) is 3.71. The SMILES string of the molecule is CCN1CCN(c2ccc(Cl)cc2NC(=O)C(C)c2ccc3c(c2)OCCO3)CC1. The zero-order valence-corrected chi connectivity index (χ0v) is 18.2. The molecule has 2 heterocycles. The second-order valence-corrected chi connectivity index (χ2v) is 8.13. The summed E-state index contributed by atoms with van der Waals surface area (Å²) in [6.07, 6.45) is 0. The molecule has 0 saturated carbocycles. The number of benzene rings is 2. The van der Waals surface area contributed by atoms with E-state index >= 15 is 0 Å². The molecule has 0 aliphatic carbocycles. The van der Waals surface area contributed by atoms with E-state index < -0.39 is 0 Å². The number of hydrogen-bond donors (Lipinski definition) is 1. The van der Waals surface area contributed by atoms with Crippen LogP contribution in [-0.2, 0) is 4.79 Å². The van der Waals surface area contributed by atoms with E-state index in [-0.39, 0.29) is 11.8 Å². The van der Waals surface area contributed by atoms with Gasteiger partial charge in [-0.2, -0.15) is 0 Å². The third-order valence-electron chi connectivity index (χ3n) is 5.84. The second kappa shape index (κ2) is 9.14. The molecule has 0 radical (unpaired) electrons. The molecule has 1 amide bonds. The maximum atomic E-state index is 13.1. The van der Waals surface area contributed by atoms with Gasteiger partial charge in [-0.25, -0.2) is 0 Å². The Morgan fingerprint density at radius 1 is 1.07 bits per heavy atom. The Balaban J connectivity index is 1.51. The minimum absolute atomic E-state index is 0.0811. The van der Waals surface area contributed by atoms with Crippen LogP contribution in [0.25, 0.3) is 0 Å². The standard InChI is InChI=1S/C23H28ClN3O3/c1-3-26-8-10-27(11-9-26)20-6-5-18(24)15-19(20)25-23(28)16(2)17-4-7-21-22(14-17)30-13-12-29-21/h4-7,14-16H,3,8-13H2,1-2H3,(H,25,28). The number of amides is 1. The van der Waals surface area contributed by atoms with Gasteiger partial charge in [-0.15, -0.1) is 0 Å². The maximum absolute atomic E-state index is 13.1. The molecule has 6 nitrogen and oxygen atoms in total. The molecule has 1 saturated heterocycles. The summed E-state index contributed by atoms with van der Waals surface area (Å²) < 4.78 is 11.2. The zero-order valence-electron chi connectivity index (χ0n) is 17.5. The van der Waals surface area contributed by atoms with Crippen LogP contribution in [0.2, 0.25) is 5.02 Å². The van der Waals surface area contributed by atoms with Gasteiger partial charge < -0.3 is 24.6 Å². The quantitative estimate of drug-likeness (QED) is 0.778. The Labute approximate surface area is 182 Å². The number of carbonyl (C=O) groups excluding carboxylic acids is 1. The predicted octanol–water partition coefficient (Wildman–Crippen LogP) is 4.00. The minimum Gasteiger partial charge on any atom is -0.486 e. The van der Waals surface area contributed by atoms with Crippen molar-refractivity contribution in [2.24, 2.45) is 0 Å². The fourth-order valence-corrected chi connectivity index (χ4v) is 4.08. The molecular weight excluding hydrogens is 402 g/mol. The van der Waals surface area contributed by atoms with Gasteiger partial charge in [0.25, 0.3) is 0 Å². The van der Waals surface area contributed by atoms with E-state index in [9.17, 15) is 4.79 Å². The lowest BCUT2D eigenvalue weighted by atomic mass is 9.99. The van der Waals surface area contributed by atoms with E-state index in [1.54, 1.807) is 0 Å². The molecule has 2 aromatic rings. The van der Waals surface area contributed by atoms with Gasteiger partial charge in [-0.1, -0.05) is 24.6 Å². The van der Waals surface area contributed by atoms with Crippen LogP contribution in [0.4, 0.5) is 11.4 Å². The Bertz CT molecular complexity index is 913. The van der Waals surface area contributed by atoms with E-state index in [0.29, 0.717) is 24.0 Å². The van der Waals surface area contributed by atoms with Crippen LogP contribution < -0.4 is 19.7 Å². The molecule has 1 atom stereocenters. The fraction of sp³-hybridized carbons (Fsp3) is 0.435. The molecule has 0 spiro atoms. The van der Waals surface area contributed by atoms with Gasteiger partial charge in [0.1, 0.15) is 13.2 Å². The summed E-state index contributed by atoms with van der Waals surface area (Å²) in [4.78, 5) is 17.8. The molecule has 2 aromatic carbocycles. The molecule has 1 unspecified atom stereocenters. The van der Waals surface area contributed by atoms with Gasteiger partial charge in [0.15, 0.2) is 11.5 Å². The molecule has 1 N–H and O–H groups in total. The topological polar surface area (TPSA) is 54.0 Å². The van der Waals surface area contributed by atoms with Crippen molar-refractivity contribution >= 4 is 28.9 Å². The van der Waals surface area contributed by atoms with Crippen molar-refractivity contribution in [3.05, 3.63) is 47.0 Å². The number of piperazine rings is 1. The minimum atomic E-state index is -0.343. The highest BCUT2D eigenvalue weighted by atomic mass is 35.5. The first-order valence-corrected chi connectivity index (χ1v) is 10.9. The highest BCUT2D eigenvalue weighted by Gasteiger charge is 2.23. The zero-order chi connectivity index (χ0) is 21.1. The summed E-state index contributed by atoms with van der Waals surface area (Å²) >= 11 is 6.25. The largest absolute Gasteiger partial charge is 0.486 e. The number of nitrogens with zero attached hydrogens (tertiary/aromatic N) is 2. The van der Waals surface area contributed by atoms with Crippen molar-refractivity contribution in [2.45, 2.75) is 19.8 Å². The Hall–Kier alpha value is -2.44. The molecule has 7 heteroatoms. The van der Waals surface area contributed by atoms with Gasteiger partial charge in [-0.05, 0) is 49.4 Å². The average molecular weight is 430 g/mol. The highest BCUT2D eigenvalue weighted by Crippen LogP contribution is 2.35. The first kappa shape index (κ1) is 20.8. The first-order chi connectivity index (χ1) is 14.5. The van der Waals surface area contributed by atoms with E-state index in [4.69, 9.17) is 21.1 Å². The van der Waals surface area contributed by atoms with Crippen LogP contribution in [0.1, 0.15) is 25.3 Å². The number of nitrogens with one attached hydrogen (secondary N) is 1. The van der Waals surface area contributed by atoms with Crippen molar-refractivity contribution in [3.8, 4) is 11.5 Å². The Kier molecular flexibility index (Phi) is 6.35. The van der Waals surface area contributed by atoms with Crippen LogP contribution in [-0.4, -0.2) is 56.7 Å². The number of fused-ring (bicyclic) bond motifs is 1. The third-order valence-corrected chi connectivity index (χ3v) is 6.07. The molecule has 160 valence electrons. The number of anilines is 2. The summed E-state index contributed by atoms with van der Waals surface area (Å²) in [5.74, 6) is 0.989. The second-order valence-electron chi connectivity index (χ2n) is 7.70. The van der Waals surface area contributed by atoms with Crippen molar-refractivity contribution in [3.63, 3.8) is 0 Å². The lowest BCUT2D eigenvalue weighted by Gasteiger charge is -2.36. The van der Waals surface area contributed by atoms with E-state index in [2.05, 4.69) is 22.0 Å². The van der Waals surface area contributed by atoms with Gasteiger partial charge in [-0.3, -0.25) is 4.79 Å². The monoisotopic (exact) mass is 429 g/mol. The average Bonchev–Trinajstić information content (AvgIpc) is 2.78. The smallest absolute Gasteiger partial charge is 0.231 e. The molecule has 2 aliphatic rings. The first-order valence-electron chi connectivity index (χ1n) is 10.5. The van der Waals surface area contributed by atoms with Crippen LogP contribution in [0, 0.1) is 0 Å². The Morgan fingerprint density at radius 3 is 2.53 bits per heavy atom. The number of ether oxygens (including phenoxy) is 2. The van der Waals surface area contributed by atoms with E-state index in [0.717, 1.165) is 55.4 Å². The fourth-order valence-electron chi connectivity index (χ4n) is 3.91. The van der Waals surface area contributed by atoms with Crippen LogP contribution in [0.3, 0.4) is 0 Å². The summed E-state index contributed by atoms with van der Waals surface area (Å²) in [6.45, 7) is 10.1. The van der Waals surface area contributed by atoms with E-state index in [1.165, 1.54) is 0 Å². The van der Waals surface area contributed by atoms with Crippen molar-refractivity contribution in [1.82, 2.24) is 4.90 Å². The molecule has 4 rings (SSSR count). The van der Waals surface area contributed by atoms with Crippen molar-refractivity contribution in [2.75, 3.05) is 56.2 Å². The summed E-state index contributed by atoms with van der Waals surface area (Å²) in [5.41, 5.74) is 2.65. The highest BCUT2D eigenvalue weighted by molar-refractivity contribution is 6.31. The van der Waals surface area contributed by atoms with Gasteiger partial charge in [0.2, 0.25) is 5.91 Å². The van der Waals surface area contributed by atoms with Crippen molar-refractivity contribution in [1.29, 1.82) is 0 Å². The molecule has 0 bridgehead atoms. The van der Waals surface area contributed by atoms with Crippen LogP contribution in [0.15, 0.2) is 36.4 Å². The number of rotatable bonds is 5. The summed E-state index contributed by atoms with van der Waals surface area (Å²) in [7, 11) is 0. The molecular formula is C23H28ClN3O3. The third kappa shape index (κ3) is 4.50. The van der Waals surface area contributed by atoms with Gasteiger partial charge in [0, 0.05) is 31.2 Å². The maximum Gasteiger partial charge on any atom is 0.231 e. The number of carbonyl (C=O) groups is 1. The molecule has 1 fully saturated rings. The molecule has 30 heavy (non-hydrogen) atoms. The molecule has 2 aliphatic heterocycles.